The molecule has 0 fully saturated rings. The first-order valence-corrected chi connectivity index (χ1v) is 8.64. The van der Waals surface area contributed by atoms with Crippen LogP contribution in [0.4, 0.5) is 21.5 Å². The van der Waals surface area contributed by atoms with Crippen LogP contribution in [0.1, 0.15) is 24.5 Å². The van der Waals surface area contributed by atoms with Gasteiger partial charge in [0.25, 0.3) is 0 Å². The molecule has 0 saturated heterocycles. The summed E-state index contributed by atoms with van der Waals surface area (Å²) in [4.78, 5) is 37.7. The fraction of sp³-hybridized carbons (Fsp3) is 0.250. The smallest absolute Gasteiger partial charge is 0.314 e. The number of carbonyl (C=O) groups is 3. The van der Waals surface area contributed by atoms with E-state index in [4.69, 9.17) is 0 Å². The molecule has 7 heteroatoms. The van der Waals surface area contributed by atoms with Crippen LogP contribution in [0, 0.1) is 12.7 Å². The molecule has 0 saturated carbocycles. The molecule has 6 nitrogen and oxygen atoms in total. The summed E-state index contributed by atoms with van der Waals surface area (Å²) in [5.41, 5.74) is 2.83. The molecule has 3 amide bonds. The molecule has 140 valence electrons. The van der Waals surface area contributed by atoms with Crippen LogP contribution in [0.2, 0.25) is 0 Å². The van der Waals surface area contributed by atoms with E-state index in [2.05, 4.69) is 10.6 Å². The fourth-order valence-corrected chi connectivity index (χ4v) is 3.03. The highest BCUT2D eigenvalue weighted by atomic mass is 19.1. The van der Waals surface area contributed by atoms with Gasteiger partial charge in [-0.3, -0.25) is 14.4 Å². The number of nitrogens with one attached hydrogen (secondary N) is 2. The lowest BCUT2D eigenvalue weighted by Crippen LogP contribution is -2.34. The number of anilines is 3. The molecular weight excluding hydrogens is 349 g/mol. The Hall–Kier alpha value is -3.22. The van der Waals surface area contributed by atoms with Crippen molar-refractivity contribution in [1.29, 1.82) is 0 Å². The summed E-state index contributed by atoms with van der Waals surface area (Å²) in [6.45, 7) is 3.72. The van der Waals surface area contributed by atoms with Crippen molar-refractivity contribution in [2.24, 2.45) is 0 Å². The Morgan fingerprint density at radius 1 is 1.00 bits per heavy atom. The molecule has 0 aliphatic carbocycles. The standard InChI is InChI=1S/C20H20FN3O3/c1-12-5-7-15(10-17(12)21)22-19(26)20(27)23-16-8-6-14-4-3-9-24(13(2)25)18(14)11-16/h5-8,10-11H,3-4,9H2,1-2H3,(H,22,26)(H,23,27). The van der Waals surface area contributed by atoms with E-state index in [1.54, 1.807) is 24.0 Å². The Labute approximate surface area is 156 Å². The molecule has 2 N–H and O–H groups in total. The maximum atomic E-state index is 13.6. The first-order chi connectivity index (χ1) is 12.8. The minimum Gasteiger partial charge on any atom is -0.318 e. The van der Waals surface area contributed by atoms with Gasteiger partial charge in [-0.05, 0) is 55.2 Å². The van der Waals surface area contributed by atoms with Crippen molar-refractivity contribution >= 4 is 34.8 Å². The van der Waals surface area contributed by atoms with Gasteiger partial charge >= 0.3 is 11.8 Å². The molecule has 0 bridgehead atoms. The molecule has 0 aromatic heterocycles. The van der Waals surface area contributed by atoms with Crippen molar-refractivity contribution in [3.8, 4) is 0 Å². The van der Waals surface area contributed by atoms with E-state index in [-0.39, 0.29) is 11.6 Å². The number of amides is 3. The summed E-state index contributed by atoms with van der Waals surface area (Å²) < 4.78 is 13.6. The molecule has 27 heavy (non-hydrogen) atoms. The minimum absolute atomic E-state index is 0.0708. The summed E-state index contributed by atoms with van der Waals surface area (Å²) >= 11 is 0. The maximum Gasteiger partial charge on any atom is 0.314 e. The number of hydrogen-bond donors (Lipinski definition) is 2. The molecule has 3 rings (SSSR count). The molecule has 2 aromatic rings. The quantitative estimate of drug-likeness (QED) is 0.799. The molecule has 0 atom stereocenters. The Kier molecular flexibility index (Phi) is 5.21. The highest BCUT2D eigenvalue weighted by Gasteiger charge is 2.21. The number of carbonyl (C=O) groups excluding carboxylic acids is 3. The van der Waals surface area contributed by atoms with Crippen LogP contribution in [0.5, 0.6) is 0 Å². The minimum atomic E-state index is -0.903. The van der Waals surface area contributed by atoms with Gasteiger partial charge in [0.05, 0.1) is 0 Å². The Balaban J connectivity index is 1.72. The van der Waals surface area contributed by atoms with Crippen molar-refractivity contribution in [3.63, 3.8) is 0 Å². The summed E-state index contributed by atoms with van der Waals surface area (Å²) in [6.07, 6.45) is 1.74. The number of benzene rings is 2. The Morgan fingerprint density at radius 2 is 1.63 bits per heavy atom. The number of fused-ring (bicyclic) bond motifs is 1. The second-order valence-electron chi connectivity index (χ2n) is 6.49. The summed E-state index contributed by atoms with van der Waals surface area (Å²) in [7, 11) is 0. The number of rotatable bonds is 2. The molecule has 2 aromatic carbocycles. The third-order valence-corrected chi connectivity index (χ3v) is 4.48. The zero-order chi connectivity index (χ0) is 19.6. The zero-order valence-corrected chi connectivity index (χ0v) is 15.1. The van der Waals surface area contributed by atoms with Crippen LogP contribution in [0.15, 0.2) is 36.4 Å². The Bertz CT molecular complexity index is 927. The fourth-order valence-electron chi connectivity index (χ4n) is 3.03. The monoisotopic (exact) mass is 369 g/mol. The van der Waals surface area contributed by atoms with Crippen LogP contribution >= 0.6 is 0 Å². The van der Waals surface area contributed by atoms with Gasteiger partial charge in [0.2, 0.25) is 5.91 Å². The van der Waals surface area contributed by atoms with Crippen LogP contribution in [0.25, 0.3) is 0 Å². The summed E-state index contributed by atoms with van der Waals surface area (Å²) in [5, 5.41) is 4.88. The lowest BCUT2D eigenvalue weighted by atomic mass is 10.0. The van der Waals surface area contributed by atoms with Crippen molar-refractivity contribution in [3.05, 3.63) is 53.3 Å². The van der Waals surface area contributed by atoms with Gasteiger partial charge in [0.15, 0.2) is 0 Å². The maximum absolute atomic E-state index is 13.6. The number of aryl methyl sites for hydroxylation is 2. The molecule has 1 heterocycles. The van der Waals surface area contributed by atoms with E-state index in [1.807, 2.05) is 6.07 Å². The molecular formula is C20H20FN3O3. The van der Waals surface area contributed by atoms with Crippen molar-refractivity contribution < 1.29 is 18.8 Å². The molecule has 1 aliphatic rings. The first kappa shape index (κ1) is 18.6. The zero-order valence-electron chi connectivity index (χ0n) is 15.1. The predicted octanol–water partition coefficient (Wildman–Crippen LogP) is 3.01. The van der Waals surface area contributed by atoms with Crippen molar-refractivity contribution in [1.82, 2.24) is 0 Å². The average Bonchev–Trinajstić information content (AvgIpc) is 2.64. The van der Waals surface area contributed by atoms with E-state index < -0.39 is 17.6 Å². The lowest BCUT2D eigenvalue weighted by Gasteiger charge is -2.29. The average molecular weight is 369 g/mol. The summed E-state index contributed by atoms with van der Waals surface area (Å²) in [6, 6.07) is 9.42. The van der Waals surface area contributed by atoms with Crippen LogP contribution in [-0.4, -0.2) is 24.3 Å². The van der Waals surface area contributed by atoms with E-state index in [9.17, 15) is 18.8 Å². The second kappa shape index (κ2) is 7.57. The van der Waals surface area contributed by atoms with Gasteiger partial charge in [-0.25, -0.2) is 4.39 Å². The first-order valence-electron chi connectivity index (χ1n) is 8.64. The third kappa shape index (κ3) is 4.13. The lowest BCUT2D eigenvalue weighted by molar-refractivity contribution is -0.133. The third-order valence-electron chi connectivity index (χ3n) is 4.48. The van der Waals surface area contributed by atoms with E-state index in [0.717, 1.165) is 30.2 Å². The summed E-state index contributed by atoms with van der Waals surface area (Å²) in [5.74, 6) is -2.31. The number of halogens is 1. The second-order valence-corrected chi connectivity index (χ2v) is 6.49. The predicted molar refractivity (Wildman–Crippen MR) is 101 cm³/mol. The molecule has 1 aliphatic heterocycles. The van der Waals surface area contributed by atoms with Crippen LogP contribution in [0.3, 0.4) is 0 Å². The SMILES string of the molecule is CC(=O)N1CCCc2ccc(NC(=O)C(=O)Nc3ccc(C)c(F)c3)cc21. The van der Waals surface area contributed by atoms with Crippen molar-refractivity contribution in [2.75, 3.05) is 22.1 Å². The topological polar surface area (TPSA) is 78.5 Å². The van der Waals surface area contributed by atoms with Gasteiger partial charge in [-0.15, -0.1) is 0 Å². The van der Waals surface area contributed by atoms with E-state index >= 15 is 0 Å². The van der Waals surface area contributed by atoms with Gasteiger partial charge in [0.1, 0.15) is 5.82 Å². The van der Waals surface area contributed by atoms with E-state index in [1.165, 1.54) is 19.1 Å². The Morgan fingerprint density at radius 3 is 2.26 bits per heavy atom. The number of hydrogen-bond acceptors (Lipinski definition) is 3. The molecule has 0 unspecified atom stereocenters. The largest absolute Gasteiger partial charge is 0.318 e. The van der Waals surface area contributed by atoms with Crippen molar-refractivity contribution in [2.45, 2.75) is 26.7 Å². The molecule has 0 radical (unpaired) electrons. The van der Waals surface area contributed by atoms with Gasteiger partial charge in [-0.2, -0.15) is 0 Å². The highest BCUT2D eigenvalue weighted by Crippen LogP contribution is 2.30. The van der Waals surface area contributed by atoms with Gasteiger partial charge in [0, 0.05) is 30.5 Å². The number of nitrogens with zero attached hydrogens (tertiary/aromatic N) is 1. The van der Waals surface area contributed by atoms with Gasteiger partial charge < -0.3 is 15.5 Å². The normalized spacial score (nSPS) is 12.9. The van der Waals surface area contributed by atoms with E-state index in [0.29, 0.717) is 17.8 Å². The van der Waals surface area contributed by atoms with Crippen LogP contribution < -0.4 is 15.5 Å². The van der Waals surface area contributed by atoms with Crippen LogP contribution in [-0.2, 0) is 20.8 Å². The highest BCUT2D eigenvalue weighted by molar-refractivity contribution is 6.43. The molecule has 0 spiro atoms. The van der Waals surface area contributed by atoms with Gasteiger partial charge in [-0.1, -0.05) is 12.1 Å².